The van der Waals surface area contributed by atoms with Gasteiger partial charge in [-0.25, -0.2) is 9.98 Å². The van der Waals surface area contributed by atoms with Crippen LogP contribution in [0, 0.1) is 5.92 Å². The lowest BCUT2D eigenvalue weighted by atomic mass is 10.0. The molecule has 0 bridgehead atoms. The molecule has 1 fully saturated rings. The number of hydrogen-bond donors (Lipinski definition) is 1. The zero-order chi connectivity index (χ0) is 15.9. The van der Waals surface area contributed by atoms with Crippen molar-refractivity contribution < 1.29 is 0 Å². The minimum absolute atomic E-state index is 0.599. The lowest BCUT2D eigenvalue weighted by Crippen LogP contribution is -2.43. The van der Waals surface area contributed by atoms with Gasteiger partial charge >= 0.3 is 0 Å². The maximum absolute atomic E-state index is 6.13. The molecule has 0 amide bonds. The van der Waals surface area contributed by atoms with Crippen LogP contribution in [0.3, 0.4) is 0 Å². The van der Waals surface area contributed by atoms with E-state index < -0.39 is 0 Å². The standard InChI is InChI=1S/C17H29N5/c1-4-21(5-2)16-9-8-15(11-19-16)12-20-17(18)22-10-6-7-14(3)13-22/h8-9,11,14H,4-7,10,12-13H2,1-3H3,(H2,18,20). The van der Waals surface area contributed by atoms with Gasteiger partial charge in [-0.3, -0.25) is 0 Å². The first-order valence-electron chi connectivity index (χ1n) is 8.38. The van der Waals surface area contributed by atoms with Crippen molar-refractivity contribution >= 4 is 11.8 Å². The largest absolute Gasteiger partial charge is 0.370 e. The summed E-state index contributed by atoms with van der Waals surface area (Å²) < 4.78 is 0. The Morgan fingerprint density at radius 2 is 2.18 bits per heavy atom. The van der Waals surface area contributed by atoms with E-state index in [4.69, 9.17) is 5.73 Å². The normalized spacial score (nSPS) is 19.3. The van der Waals surface area contributed by atoms with Crippen molar-refractivity contribution in [2.24, 2.45) is 16.6 Å². The maximum Gasteiger partial charge on any atom is 0.191 e. The van der Waals surface area contributed by atoms with E-state index in [1.807, 2.05) is 6.20 Å². The molecule has 22 heavy (non-hydrogen) atoms. The van der Waals surface area contributed by atoms with Crippen LogP contribution >= 0.6 is 0 Å². The van der Waals surface area contributed by atoms with E-state index in [-0.39, 0.29) is 0 Å². The van der Waals surface area contributed by atoms with Crippen molar-refractivity contribution in [1.29, 1.82) is 0 Å². The molecule has 2 heterocycles. The van der Waals surface area contributed by atoms with Crippen LogP contribution in [-0.2, 0) is 6.54 Å². The number of aromatic nitrogens is 1. The Hall–Kier alpha value is -1.78. The molecule has 1 unspecified atom stereocenters. The molecule has 0 aliphatic carbocycles. The third-order valence-corrected chi connectivity index (χ3v) is 4.30. The lowest BCUT2D eigenvalue weighted by molar-refractivity contribution is 0.270. The van der Waals surface area contributed by atoms with Crippen LogP contribution in [0.1, 0.15) is 39.2 Å². The molecule has 0 radical (unpaired) electrons. The average molecular weight is 303 g/mol. The SMILES string of the molecule is CCN(CC)c1ccc(CN=C(N)N2CCCC(C)C2)cn1. The minimum Gasteiger partial charge on any atom is -0.370 e. The first-order chi connectivity index (χ1) is 10.6. The summed E-state index contributed by atoms with van der Waals surface area (Å²) in [4.78, 5) is 13.5. The van der Waals surface area contributed by atoms with Gasteiger partial charge in [0, 0.05) is 32.4 Å². The molecule has 1 atom stereocenters. The highest BCUT2D eigenvalue weighted by molar-refractivity contribution is 5.78. The summed E-state index contributed by atoms with van der Waals surface area (Å²) in [5.41, 5.74) is 7.23. The van der Waals surface area contributed by atoms with Gasteiger partial charge in [-0.05, 0) is 44.2 Å². The summed E-state index contributed by atoms with van der Waals surface area (Å²) in [6, 6.07) is 4.16. The Morgan fingerprint density at radius 1 is 1.41 bits per heavy atom. The van der Waals surface area contributed by atoms with Crippen molar-refractivity contribution in [3.05, 3.63) is 23.9 Å². The summed E-state index contributed by atoms with van der Waals surface area (Å²) in [5, 5.41) is 0. The first kappa shape index (κ1) is 16.6. The molecule has 1 aliphatic rings. The fraction of sp³-hybridized carbons (Fsp3) is 0.647. The molecule has 1 aliphatic heterocycles. The summed E-state index contributed by atoms with van der Waals surface area (Å²) in [6.07, 6.45) is 4.40. The number of pyridine rings is 1. The molecule has 1 saturated heterocycles. The number of likely N-dealkylation sites (tertiary alicyclic amines) is 1. The van der Waals surface area contributed by atoms with Gasteiger partial charge in [-0.1, -0.05) is 13.0 Å². The number of rotatable bonds is 5. The molecular weight excluding hydrogens is 274 g/mol. The third kappa shape index (κ3) is 4.36. The molecule has 2 rings (SSSR count). The molecule has 0 saturated carbocycles. The lowest BCUT2D eigenvalue weighted by Gasteiger charge is -2.31. The number of guanidine groups is 1. The van der Waals surface area contributed by atoms with Gasteiger partial charge < -0.3 is 15.5 Å². The Balaban J connectivity index is 1.94. The molecule has 5 heteroatoms. The Bertz CT molecular complexity index is 478. The van der Waals surface area contributed by atoms with E-state index in [0.717, 1.165) is 37.6 Å². The fourth-order valence-electron chi connectivity index (χ4n) is 2.91. The van der Waals surface area contributed by atoms with Gasteiger partial charge in [-0.15, -0.1) is 0 Å². The van der Waals surface area contributed by atoms with Gasteiger partial charge in [0.15, 0.2) is 5.96 Å². The van der Waals surface area contributed by atoms with Gasteiger partial charge in [0.05, 0.1) is 6.54 Å². The summed E-state index contributed by atoms with van der Waals surface area (Å²) in [7, 11) is 0. The Labute approximate surface area is 134 Å². The Kier molecular flexibility index (Phi) is 6.04. The second-order valence-corrected chi connectivity index (χ2v) is 6.06. The molecule has 5 nitrogen and oxygen atoms in total. The van der Waals surface area contributed by atoms with Gasteiger partial charge in [0.25, 0.3) is 0 Å². The minimum atomic E-state index is 0.599. The number of aliphatic imine (C=N–C) groups is 1. The van der Waals surface area contributed by atoms with Crippen molar-refractivity contribution in [3.8, 4) is 0 Å². The van der Waals surface area contributed by atoms with Crippen LogP contribution in [0.4, 0.5) is 5.82 Å². The monoisotopic (exact) mass is 303 g/mol. The molecule has 2 N–H and O–H groups in total. The number of anilines is 1. The van der Waals surface area contributed by atoms with Crippen molar-refractivity contribution in [2.75, 3.05) is 31.1 Å². The summed E-state index contributed by atoms with van der Waals surface area (Å²) in [5.74, 6) is 2.40. The first-order valence-corrected chi connectivity index (χ1v) is 8.38. The van der Waals surface area contributed by atoms with E-state index in [1.165, 1.54) is 12.8 Å². The zero-order valence-corrected chi connectivity index (χ0v) is 14.1. The molecule has 122 valence electrons. The van der Waals surface area contributed by atoms with Crippen LogP contribution in [0.2, 0.25) is 0 Å². The van der Waals surface area contributed by atoms with Gasteiger partial charge in [-0.2, -0.15) is 0 Å². The van der Waals surface area contributed by atoms with Gasteiger partial charge in [0.1, 0.15) is 5.82 Å². The average Bonchev–Trinajstić information content (AvgIpc) is 2.55. The zero-order valence-electron chi connectivity index (χ0n) is 14.1. The maximum atomic E-state index is 6.13. The molecule has 0 spiro atoms. The highest BCUT2D eigenvalue weighted by Gasteiger charge is 2.17. The fourth-order valence-corrected chi connectivity index (χ4v) is 2.91. The van der Waals surface area contributed by atoms with Crippen molar-refractivity contribution in [1.82, 2.24) is 9.88 Å². The predicted molar refractivity (Wildman–Crippen MR) is 93.1 cm³/mol. The number of nitrogens with zero attached hydrogens (tertiary/aromatic N) is 4. The topological polar surface area (TPSA) is 57.8 Å². The smallest absolute Gasteiger partial charge is 0.191 e. The number of hydrogen-bond acceptors (Lipinski definition) is 3. The quantitative estimate of drug-likeness (QED) is 0.670. The van der Waals surface area contributed by atoms with E-state index in [1.54, 1.807) is 0 Å². The second kappa shape index (κ2) is 8.01. The van der Waals surface area contributed by atoms with Crippen LogP contribution < -0.4 is 10.6 Å². The summed E-state index contributed by atoms with van der Waals surface area (Å²) >= 11 is 0. The third-order valence-electron chi connectivity index (χ3n) is 4.30. The van der Waals surface area contributed by atoms with Crippen molar-refractivity contribution in [3.63, 3.8) is 0 Å². The molecule has 0 aromatic carbocycles. The predicted octanol–water partition coefficient (Wildman–Crippen LogP) is 2.47. The molecule has 1 aromatic heterocycles. The van der Waals surface area contributed by atoms with Gasteiger partial charge in [0.2, 0.25) is 0 Å². The van der Waals surface area contributed by atoms with E-state index in [9.17, 15) is 0 Å². The van der Waals surface area contributed by atoms with Crippen LogP contribution in [0.5, 0.6) is 0 Å². The van der Waals surface area contributed by atoms with Crippen LogP contribution in [0.15, 0.2) is 23.3 Å². The van der Waals surface area contributed by atoms with Crippen LogP contribution in [-0.4, -0.2) is 42.0 Å². The van der Waals surface area contributed by atoms with Crippen molar-refractivity contribution in [2.45, 2.75) is 40.2 Å². The van der Waals surface area contributed by atoms with E-state index >= 15 is 0 Å². The number of nitrogens with two attached hydrogens (primary N) is 1. The second-order valence-electron chi connectivity index (χ2n) is 6.06. The molecule has 1 aromatic rings. The van der Waals surface area contributed by atoms with E-state index in [2.05, 4.69) is 52.7 Å². The van der Waals surface area contributed by atoms with Crippen LogP contribution in [0.25, 0.3) is 0 Å². The Morgan fingerprint density at radius 3 is 2.77 bits per heavy atom. The summed E-state index contributed by atoms with van der Waals surface area (Å²) in [6.45, 7) is 11.2. The highest BCUT2D eigenvalue weighted by Crippen LogP contribution is 2.15. The van der Waals surface area contributed by atoms with E-state index in [0.29, 0.717) is 18.4 Å². The molecular formula is C17H29N5. The highest BCUT2D eigenvalue weighted by atomic mass is 15.3. The number of piperidine rings is 1.